The van der Waals surface area contributed by atoms with Gasteiger partial charge in [0.1, 0.15) is 6.67 Å². The fourth-order valence-corrected chi connectivity index (χ4v) is 2.80. The lowest BCUT2D eigenvalue weighted by Crippen LogP contribution is -2.25. The molecule has 2 radical (unpaired) electrons. The van der Waals surface area contributed by atoms with Crippen LogP contribution in [0.25, 0.3) is 0 Å². The van der Waals surface area contributed by atoms with Gasteiger partial charge in [-0.25, -0.2) is 0 Å². The largest absolute Gasteiger partial charge is 0.350 e. The second kappa shape index (κ2) is 6.34. The minimum absolute atomic E-state index is 0.0248. The first kappa shape index (κ1) is 18.7. The van der Waals surface area contributed by atoms with Crippen molar-refractivity contribution in [1.82, 2.24) is 9.80 Å². The predicted molar refractivity (Wildman–Crippen MR) is 99.9 cm³/mol. The zero-order valence-electron chi connectivity index (χ0n) is 16.5. The molecule has 0 bridgehead atoms. The molecule has 24 heavy (non-hydrogen) atoms. The predicted octanol–water partition coefficient (Wildman–Crippen LogP) is 5.54. The van der Waals surface area contributed by atoms with Crippen LogP contribution in [0.3, 0.4) is 0 Å². The fourth-order valence-electron chi connectivity index (χ4n) is 2.80. The molecule has 2 rings (SSSR count). The number of rotatable bonds is 3. The molecule has 0 saturated carbocycles. The van der Waals surface area contributed by atoms with Crippen molar-refractivity contribution in [3.05, 3.63) is 47.9 Å². The molecule has 1 heterocycles. The Labute approximate surface area is 148 Å². The average Bonchev–Trinajstić information content (AvgIpc) is 2.87. The van der Waals surface area contributed by atoms with Crippen LogP contribution in [-0.2, 0) is 22.5 Å². The highest BCUT2D eigenvalue weighted by Crippen LogP contribution is 2.39. The monoisotopic (exact) mass is 328 g/mol. The molecule has 132 valence electrons. The molecule has 3 nitrogen and oxygen atoms in total. The van der Waals surface area contributed by atoms with Crippen LogP contribution in [0, 0.1) is 6.67 Å². The molecule has 3 heteroatoms. The van der Waals surface area contributed by atoms with E-state index in [1.807, 2.05) is 6.20 Å². The number of hydrogen-bond acceptors (Lipinski definition) is 2. The highest BCUT2D eigenvalue weighted by atomic mass is 16.3. The summed E-state index contributed by atoms with van der Waals surface area (Å²) in [5, 5.41) is 13.0. The summed E-state index contributed by atoms with van der Waals surface area (Å²) in [6.45, 7) is 19.9. The van der Waals surface area contributed by atoms with E-state index in [4.69, 9.17) is 0 Å². The lowest BCUT2D eigenvalue weighted by Gasteiger charge is -2.28. The zero-order chi connectivity index (χ0) is 18.3. The molecule has 0 atom stereocenters. The van der Waals surface area contributed by atoms with Crippen LogP contribution in [0.4, 0.5) is 0 Å². The van der Waals surface area contributed by atoms with Crippen LogP contribution in [0.5, 0.6) is 5.75 Å². The molecule has 0 amide bonds. The SMILES string of the molecule is CC(C)N1[CH]N(Cc2cc(C(C)(C)C)cc(C(C)(C)C)c2[O])C=C1. The number of hydrogen-bond donors (Lipinski definition) is 0. The van der Waals surface area contributed by atoms with Crippen molar-refractivity contribution in [1.29, 1.82) is 0 Å². The second-order valence-corrected chi connectivity index (χ2v) is 9.14. The summed E-state index contributed by atoms with van der Waals surface area (Å²) in [6, 6.07) is 4.62. The highest BCUT2D eigenvalue weighted by molar-refractivity contribution is 5.48. The number of nitrogens with zero attached hydrogens (tertiary/aromatic N) is 2. The highest BCUT2D eigenvalue weighted by Gasteiger charge is 2.27. The van der Waals surface area contributed by atoms with Gasteiger partial charge in [0.15, 0.2) is 5.75 Å². The van der Waals surface area contributed by atoms with Crippen molar-refractivity contribution < 1.29 is 5.11 Å². The Balaban J connectivity index is 2.37. The first-order chi connectivity index (χ1) is 10.9. The maximum Gasteiger partial charge on any atom is 0.187 e. The zero-order valence-corrected chi connectivity index (χ0v) is 16.5. The first-order valence-corrected chi connectivity index (χ1v) is 8.81. The van der Waals surface area contributed by atoms with Gasteiger partial charge < -0.3 is 9.80 Å². The lowest BCUT2D eigenvalue weighted by molar-refractivity contribution is 0.289. The molecule has 0 aliphatic carbocycles. The summed E-state index contributed by atoms with van der Waals surface area (Å²) in [5.41, 5.74) is 2.89. The van der Waals surface area contributed by atoms with Crippen LogP contribution in [0.15, 0.2) is 24.5 Å². The molecule has 1 aliphatic heterocycles. The van der Waals surface area contributed by atoms with E-state index in [9.17, 15) is 5.11 Å². The Morgan fingerprint density at radius 3 is 2.04 bits per heavy atom. The Morgan fingerprint density at radius 2 is 1.58 bits per heavy atom. The van der Waals surface area contributed by atoms with E-state index in [0.717, 1.165) is 11.1 Å². The second-order valence-electron chi connectivity index (χ2n) is 9.14. The maximum atomic E-state index is 13.0. The third-order valence-corrected chi connectivity index (χ3v) is 4.50. The van der Waals surface area contributed by atoms with Gasteiger partial charge in [-0.15, -0.1) is 0 Å². The summed E-state index contributed by atoms with van der Waals surface area (Å²) in [6.07, 6.45) is 4.10. The van der Waals surface area contributed by atoms with Gasteiger partial charge in [-0.3, -0.25) is 5.11 Å². The summed E-state index contributed by atoms with van der Waals surface area (Å²) < 4.78 is 0. The smallest absolute Gasteiger partial charge is 0.187 e. The molecule has 1 aromatic rings. The number of benzene rings is 1. The van der Waals surface area contributed by atoms with Gasteiger partial charge in [0, 0.05) is 36.1 Å². The molecule has 1 aliphatic rings. The van der Waals surface area contributed by atoms with Gasteiger partial charge in [-0.2, -0.15) is 0 Å². The Morgan fingerprint density at radius 1 is 0.958 bits per heavy atom. The minimum atomic E-state index is -0.151. The fraction of sp³-hybridized carbons (Fsp3) is 0.571. The lowest BCUT2D eigenvalue weighted by atomic mass is 9.79. The minimum Gasteiger partial charge on any atom is -0.350 e. The van der Waals surface area contributed by atoms with Gasteiger partial charge in [-0.05, 0) is 36.3 Å². The van der Waals surface area contributed by atoms with Crippen molar-refractivity contribution in [2.45, 2.75) is 78.8 Å². The molecular formula is C21H32N2O. The third kappa shape index (κ3) is 4.06. The van der Waals surface area contributed by atoms with Gasteiger partial charge in [-0.1, -0.05) is 47.6 Å². The van der Waals surface area contributed by atoms with Crippen LogP contribution < -0.4 is 0 Å². The summed E-state index contributed by atoms with van der Waals surface area (Å²) in [4.78, 5) is 4.25. The molecule has 1 aromatic carbocycles. The first-order valence-electron chi connectivity index (χ1n) is 8.81. The summed E-state index contributed by atoms with van der Waals surface area (Å²) in [5.74, 6) is 0.181. The molecule has 0 N–H and O–H groups in total. The molecule has 0 saturated heterocycles. The van der Waals surface area contributed by atoms with E-state index in [-0.39, 0.29) is 16.6 Å². The van der Waals surface area contributed by atoms with Gasteiger partial charge in [0.2, 0.25) is 0 Å². The topological polar surface area (TPSA) is 26.4 Å². The van der Waals surface area contributed by atoms with Crippen LogP contribution in [-0.4, -0.2) is 15.8 Å². The van der Waals surface area contributed by atoms with Crippen molar-refractivity contribution in [3.8, 4) is 5.75 Å². The van der Waals surface area contributed by atoms with E-state index in [1.54, 1.807) is 0 Å². The molecular weight excluding hydrogens is 296 g/mol. The van der Waals surface area contributed by atoms with Crippen LogP contribution in [0.2, 0.25) is 0 Å². The average molecular weight is 329 g/mol. The quantitative estimate of drug-likeness (QED) is 0.728. The Bertz CT molecular complexity index is 618. The standard InChI is InChI=1S/C21H32N2O/c1-15(2)23-10-9-22(14-23)13-16-11-17(20(3,4)5)12-18(19(16)24)21(6,7)8/h9-12,14-15H,13H2,1-8H3. The maximum absolute atomic E-state index is 13.0. The normalized spacial score (nSPS) is 15.7. The molecule has 0 aromatic heterocycles. The Kier molecular flexibility index (Phi) is 4.94. The van der Waals surface area contributed by atoms with Crippen LogP contribution in [0.1, 0.15) is 72.1 Å². The third-order valence-electron chi connectivity index (χ3n) is 4.50. The van der Waals surface area contributed by atoms with E-state index in [2.05, 4.69) is 90.2 Å². The van der Waals surface area contributed by atoms with Gasteiger partial charge in [0.05, 0.1) is 0 Å². The van der Waals surface area contributed by atoms with E-state index < -0.39 is 0 Å². The van der Waals surface area contributed by atoms with Gasteiger partial charge >= 0.3 is 0 Å². The van der Waals surface area contributed by atoms with E-state index in [1.165, 1.54) is 5.56 Å². The molecule has 0 unspecified atom stereocenters. The summed E-state index contributed by atoms with van der Waals surface area (Å²) >= 11 is 0. The van der Waals surface area contributed by atoms with Crippen molar-refractivity contribution >= 4 is 0 Å². The summed E-state index contributed by atoms with van der Waals surface area (Å²) in [7, 11) is 0. The molecule has 0 fully saturated rings. The Hall–Kier alpha value is -1.64. The van der Waals surface area contributed by atoms with Crippen molar-refractivity contribution in [2.24, 2.45) is 0 Å². The van der Waals surface area contributed by atoms with E-state index in [0.29, 0.717) is 12.6 Å². The van der Waals surface area contributed by atoms with Crippen LogP contribution >= 0.6 is 0 Å². The molecule has 0 spiro atoms. The van der Waals surface area contributed by atoms with E-state index >= 15 is 0 Å². The van der Waals surface area contributed by atoms with Crippen molar-refractivity contribution in [3.63, 3.8) is 0 Å². The van der Waals surface area contributed by atoms with Gasteiger partial charge in [0.25, 0.3) is 0 Å². The van der Waals surface area contributed by atoms with Crippen molar-refractivity contribution in [2.75, 3.05) is 0 Å².